The van der Waals surface area contributed by atoms with Gasteiger partial charge in [-0.1, -0.05) is 0 Å². The Morgan fingerprint density at radius 2 is 2.25 bits per heavy atom. The molecule has 1 aromatic heterocycles. The zero-order valence-corrected chi connectivity index (χ0v) is 9.02. The predicted octanol–water partition coefficient (Wildman–Crippen LogP) is 0.0449. The third-order valence-electron chi connectivity index (χ3n) is 1.95. The van der Waals surface area contributed by atoms with Crippen LogP contribution in [0.15, 0.2) is 40.7 Å². The zero-order valence-electron chi connectivity index (χ0n) is 8.20. The summed E-state index contributed by atoms with van der Waals surface area (Å²) >= 11 is 0. The summed E-state index contributed by atoms with van der Waals surface area (Å²) in [6, 6.07) is 3.36. The van der Waals surface area contributed by atoms with E-state index in [0.717, 1.165) is 6.20 Å². The summed E-state index contributed by atoms with van der Waals surface area (Å²) < 4.78 is 28.2. The molecule has 0 bridgehead atoms. The fourth-order valence-corrected chi connectivity index (χ4v) is 1.97. The molecule has 84 valence electrons. The molecule has 2 rings (SSSR count). The predicted molar refractivity (Wildman–Crippen MR) is 58.4 cm³/mol. The Hall–Kier alpha value is -1.89. The summed E-state index contributed by atoms with van der Waals surface area (Å²) in [6.07, 6.45) is 4.19. The number of nitrogens with two attached hydrogens (primary N) is 1. The van der Waals surface area contributed by atoms with Crippen molar-refractivity contribution >= 4 is 14.9 Å². The fraction of sp³-hybridized carbons (Fsp3) is 0.111. The molecule has 0 saturated carbocycles. The van der Waals surface area contributed by atoms with Crippen molar-refractivity contribution in [3.8, 4) is 5.75 Å². The lowest BCUT2D eigenvalue weighted by Crippen LogP contribution is -2.23. The lowest BCUT2D eigenvalue weighted by Gasteiger charge is -2.05. The molecule has 2 heterocycles. The Morgan fingerprint density at radius 1 is 1.44 bits per heavy atom. The number of hydrogen-bond acceptors (Lipinski definition) is 6. The number of rotatable bonds is 3. The minimum absolute atomic E-state index is 0.0890. The van der Waals surface area contributed by atoms with Crippen molar-refractivity contribution in [1.82, 2.24) is 4.98 Å². The van der Waals surface area contributed by atoms with E-state index < -0.39 is 9.84 Å². The van der Waals surface area contributed by atoms with Crippen LogP contribution in [0.4, 0.5) is 0 Å². The summed E-state index contributed by atoms with van der Waals surface area (Å²) in [4.78, 5) is 7.51. The molecule has 16 heavy (non-hydrogen) atoms. The van der Waals surface area contributed by atoms with Crippen molar-refractivity contribution in [2.45, 2.75) is 0 Å². The number of pyridine rings is 1. The van der Waals surface area contributed by atoms with Gasteiger partial charge in [-0.15, -0.1) is 0 Å². The van der Waals surface area contributed by atoms with Gasteiger partial charge in [0, 0.05) is 6.20 Å². The lowest BCUT2D eigenvalue weighted by molar-refractivity contribution is 0.377. The number of sulfone groups is 1. The minimum atomic E-state index is -3.59. The highest BCUT2D eigenvalue weighted by atomic mass is 32.2. The molecule has 2 N–H and O–H groups in total. The van der Waals surface area contributed by atoms with Crippen LogP contribution in [0.5, 0.6) is 5.75 Å². The standard InChI is InChI=1S/C9H9N3O3S/c10-8-5-12-9(16(8,13)14)6-15-7-2-1-3-11-4-7/h1-5H,6,10H2. The van der Waals surface area contributed by atoms with Gasteiger partial charge in [0.15, 0.2) is 10.1 Å². The van der Waals surface area contributed by atoms with Gasteiger partial charge in [0.2, 0.25) is 9.84 Å². The molecule has 0 saturated heterocycles. The van der Waals surface area contributed by atoms with Crippen LogP contribution in [-0.4, -0.2) is 25.1 Å². The van der Waals surface area contributed by atoms with Crippen molar-refractivity contribution in [3.63, 3.8) is 0 Å². The molecule has 1 aliphatic rings. The van der Waals surface area contributed by atoms with E-state index in [0.29, 0.717) is 5.75 Å². The van der Waals surface area contributed by atoms with E-state index >= 15 is 0 Å². The quantitative estimate of drug-likeness (QED) is 0.803. The van der Waals surface area contributed by atoms with Crippen molar-refractivity contribution in [2.75, 3.05) is 6.61 Å². The first-order valence-electron chi connectivity index (χ1n) is 4.41. The normalized spacial score (nSPS) is 17.8. The maximum atomic E-state index is 11.5. The molecule has 0 unspecified atom stereocenters. The SMILES string of the molecule is NC1=CN=C(COc2cccnc2)S1(=O)=O. The first-order valence-corrected chi connectivity index (χ1v) is 5.89. The van der Waals surface area contributed by atoms with E-state index in [1.54, 1.807) is 18.3 Å². The second kappa shape index (κ2) is 3.93. The monoisotopic (exact) mass is 239 g/mol. The van der Waals surface area contributed by atoms with E-state index in [1.165, 1.54) is 6.20 Å². The molecule has 0 fully saturated rings. The van der Waals surface area contributed by atoms with Crippen LogP contribution in [0.2, 0.25) is 0 Å². The van der Waals surface area contributed by atoms with Crippen LogP contribution in [-0.2, 0) is 9.84 Å². The summed E-state index contributed by atoms with van der Waals surface area (Å²) in [5, 5.41) is -0.342. The third kappa shape index (κ3) is 1.89. The van der Waals surface area contributed by atoms with Crippen LogP contribution in [0.25, 0.3) is 0 Å². The Labute approximate surface area is 92.4 Å². The largest absolute Gasteiger partial charge is 0.485 e. The number of nitrogens with zero attached hydrogens (tertiary/aromatic N) is 2. The van der Waals surface area contributed by atoms with Gasteiger partial charge in [-0.05, 0) is 12.1 Å². The molecule has 6 nitrogen and oxygen atoms in total. The van der Waals surface area contributed by atoms with Crippen LogP contribution >= 0.6 is 0 Å². The number of aliphatic imine (C=N–C) groups is 1. The molecular weight excluding hydrogens is 230 g/mol. The maximum Gasteiger partial charge on any atom is 0.239 e. The summed E-state index contributed by atoms with van der Waals surface area (Å²) in [7, 11) is -3.59. The highest BCUT2D eigenvalue weighted by Crippen LogP contribution is 2.14. The molecule has 0 amide bonds. The van der Waals surface area contributed by atoms with Crippen molar-refractivity contribution < 1.29 is 13.2 Å². The third-order valence-corrected chi connectivity index (χ3v) is 3.52. The molecule has 0 aliphatic carbocycles. The summed E-state index contributed by atoms with van der Waals surface area (Å²) in [5.41, 5.74) is 5.26. The van der Waals surface area contributed by atoms with Gasteiger partial charge in [-0.25, -0.2) is 13.4 Å². The number of ether oxygens (including phenoxy) is 1. The first-order chi connectivity index (χ1) is 7.60. The van der Waals surface area contributed by atoms with E-state index in [-0.39, 0.29) is 16.7 Å². The molecule has 0 radical (unpaired) electrons. The highest BCUT2D eigenvalue weighted by molar-refractivity contribution is 8.10. The molecule has 0 aromatic carbocycles. The molecule has 1 aliphatic heterocycles. The molecule has 0 atom stereocenters. The van der Waals surface area contributed by atoms with Gasteiger partial charge >= 0.3 is 0 Å². The van der Waals surface area contributed by atoms with Gasteiger partial charge in [0.1, 0.15) is 12.4 Å². The first kappa shape index (κ1) is 10.6. The van der Waals surface area contributed by atoms with Crippen molar-refractivity contribution in [2.24, 2.45) is 10.7 Å². The second-order valence-corrected chi connectivity index (χ2v) is 4.98. The Bertz CT molecular complexity index is 549. The van der Waals surface area contributed by atoms with E-state index in [1.807, 2.05) is 0 Å². The van der Waals surface area contributed by atoms with Crippen LogP contribution in [0, 0.1) is 0 Å². The van der Waals surface area contributed by atoms with Crippen molar-refractivity contribution in [1.29, 1.82) is 0 Å². The van der Waals surface area contributed by atoms with Gasteiger partial charge < -0.3 is 10.5 Å². The smallest absolute Gasteiger partial charge is 0.239 e. The Morgan fingerprint density at radius 3 is 2.81 bits per heavy atom. The second-order valence-electron chi connectivity index (χ2n) is 3.04. The fourth-order valence-electron chi connectivity index (χ4n) is 1.10. The highest BCUT2D eigenvalue weighted by Gasteiger charge is 2.27. The molecule has 1 aromatic rings. The van der Waals surface area contributed by atoms with Gasteiger partial charge in [0.25, 0.3) is 0 Å². The zero-order chi connectivity index (χ0) is 11.6. The van der Waals surface area contributed by atoms with Gasteiger partial charge in [0.05, 0.1) is 12.4 Å². The van der Waals surface area contributed by atoms with Crippen LogP contribution < -0.4 is 10.5 Å². The van der Waals surface area contributed by atoms with Crippen LogP contribution in [0.1, 0.15) is 0 Å². The maximum absolute atomic E-state index is 11.5. The summed E-state index contributed by atoms with van der Waals surface area (Å²) in [5.74, 6) is 0.478. The van der Waals surface area contributed by atoms with Crippen LogP contribution in [0.3, 0.4) is 0 Å². The van der Waals surface area contributed by atoms with E-state index in [2.05, 4.69) is 9.98 Å². The lowest BCUT2D eigenvalue weighted by atomic mass is 10.5. The van der Waals surface area contributed by atoms with E-state index in [4.69, 9.17) is 10.5 Å². The Balaban J connectivity index is 2.05. The number of aromatic nitrogens is 1. The topological polar surface area (TPSA) is 94.6 Å². The molecule has 7 heteroatoms. The molecular formula is C9H9N3O3S. The van der Waals surface area contributed by atoms with Gasteiger partial charge in [-0.3, -0.25) is 4.98 Å². The average molecular weight is 239 g/mol. The van der Waals surface area contributed by atoms with E-state index in [9.17, 15) is 8.42 Å². The van der Waals surface area contributed by atoms with Gasteiger partial charge in [-0.2, -0.15) is 0 Å². The summed E-state index contributed by atoms with van der Waals surface area (Å²) in [6.45, 7) is -0.148. The Kier molecular flexibility index (Phi) is 2.61. The minimum Gasteiger partial charge on any atom is -0.485 e. The van der Waals surface area contributed by atoms with Crippen molar-refractivity contribution in [3.05, 3.63) is 35.8 Å². The number of hydrogen-bond donors (Lipinski definition) is 1. The average Bonchev–Trinajstić information content (AvgIpc) is 2.53. The molecule has 0 spiro atoms.